The Morgan fingerprint density at radius 3 is 2.60 bits per heavy atom. The first-order valence-electron chi connectivity index (χ1n) is 10.4. The van der Waals surface area contributed by atoms with Crippen LogP contribution in [0.25, 0.3) is 10.6 Å². The van der Waals surface area contributed by atoms with Crippen molar-refractivity contribution in [1.82, 2.24) is 4.98 Å². The van der Waals surface area contributed by atoms with Crippen molar-refractivity contribution in [2.45, 2.75) is 50.7 Å². The molecule has 3 aromatic rings. The third-order valence-corrected chi connectivity index (χ3v) is 7.25. The van der Waals surface area contributed by atoms with Crippen molar-refractivity contribution in [3.05, 3.63) is 76.4 Å². The molecule has 1 aromatic heterocycles. The molecule has 0 fully saturated rings. The van der Waals surface area contributed by atoms with Gasteiger partial charge >= 0.3 is 0 Å². The van der Waals surface area contributed by atoms with Crippen LogP contribution in [-0.4, -0.2) is 11.6 Å². The van der Waals surface area contributed by atoms with Crippen LogP contribution < -0.4 is 10.5 Å². The van der Waals surface area contributed by atoms with Gasteiger partial charge in [-0.2, -0.15) is 0 Å². The van der Waals surface area contributed by atoms with Gasteiger partial charge in [0.1, 0.15) is 17.4 Å². The van der Waals surface area contributed by atoms with Crippen molar-refractivity contribution < 1.29 is 4.74 Å². The van der Waals surface area contributed by atoms with Gasteiger partial charge in [-0.25, -0.2) is 4.98 Å². The van der Waals surface area contributed by atoms with Crippen LogP contribution in [-0.2, 0) is 18.6 Å². The normalized spacial score (nSPS) is 10.9. The Labute approximate surface area is 188 Å². The fourth-order valence-corrected chi connectivity index (χ4v) is 5.31. The summed E-state index contributed by atoms with van der Waals surface area (Å²) in [5.41, 5.74) is 11.1. The Morgan fingerprint density at radius 2 is 1.93 bits per heavy atom. The van der Waals surface area contributed by atoms with E-state index in [1.165, 1.54) is 26.5 Å². The minimum atomic E-state index is 0.352. The van der Waals surface area contributed by atoms with Gasteiger partial charge in [-0.15, -0.1) is 23.1 Å². The maximum absolute atomic E-state index is 5.82. The zero-order chi connectivity index (χ0) is 21.5. The zero-order valence-corrected chi connectivity index (χ0v) is 19.7. The molecule has 3 nitrogen and oxygen atoms in total. The lowest BCUT2D eigenvalue weighted by Gasteiger charge is -2.12. The van der Waals surface area contributed by atoms with E-state index in [9.17, 15) is 0 Å². The highest BCUT2D eigenvalue weighted by atomic mass is 32.2. The molecule has 2 N–H and O–H groups in total. The number of thiazole rings is 1. The largest absolute Gasteiger partial charge is 0.487 e. The fraction of sp³-hybridized carbons (Fsp3) is 0.320. The highest BCUT2D eigenvalue weighted by Crippen LogP contribution is 2.34. The number of benzene rings is 2. The van der Waals surface area contributed by atoms with Crippen molar-refractivity contribution in [2.24, 2.45) is 5.73 Å². The van der Waals surface area contributed by atoms with Gasteiger partial charge < -0.3 is 10.5 Å². The van der Waals surface area contributed by atoms with Crippen molar-refractivity contribution >= 4 is 23.1 Å². The van der Waals surface area contributed by atoms with Crippen LogP contribution in [0.2, 0.25) is 0 Å². The van der Waals surface area contributed by atoms with Gasteiger partial charge in [0.25, 0.3) is 0 Å². The summed E-state index contributed by atoms with van der Waals surface area (Å²) in [7, 11) is 0. The third kappa shape index (κ3) is 5.89. The molecule has 0 unspecified atom stereocenters. The van der Waals surface area contributed by atoms with Gasteiger partial charge in [0.15, 0.2) is 0 Å². The summed E-state index contributed by atoms with van der Waals surface area (Å²) in [5.74, 6) is 1.82. The third-order valence-electron chi connectivity index (χ3n) is 4.84. The standard InChI is InChI=1S/C25H30N2OS2/c1-5-7-21-14-22(12-13-23(21)28-15-17(3)26)29-16-24-18(4)27-25(30-24)20-10-8-19(6-2)9-11-20/h8-14H,3,5-7,15-16,26H2,1-2,4H3. The van der Waals surface area contributed by atoms with E-state index in [1.54, 1.807) is 11.3 Å². The molecule has 5 heteroatoms. The zero-order valence-electron chi connectivity index (χ0n) is 18.0. The number of hydrogen-bond acceptors (Lipinski definition) is 5. The van der Waals surface area contributed by atoms with Crippen molar-refractivity contribution in [1.29, 1.82) is 0 Å². The average molecular weight is 439 g/mol. The molecule has 0 aliphatic carbocycles. The SMILES string of the molecule is C=C(N)COc1ccc(SCc2sc(-c3ccc(CC)cc3)nc2C)cc1CCC. The summed E-state index contributed by atoms with van der Waals surface area (Å²) in [6.45, 7) is 10.5. The Kier molecular flexibility index (Phi) is 8.00. The van der Waals surface area contributed by atoms with Crippen LogP contribution in [0.3, 0.4) is 0 Å². The molecule has 0 saturated heterocycles. The van der Waals surface area contributed by atoms with E-state index in [2.05, 4.69) is 69.8 Å². The lowest BCUT2D eigenvalue weighted by Crippen LogP contribution is -2.08. The van der Waals surface area contributed by atoms with E-state index in [0.717, 1.165) is 41.5 Å². The number of hydrogen-bond donors (Lipinski definition) is 1. The molecule has 0 saturated carbocycles. The molecule has 0 spiro atoms. The summed E-state index contributed by atoms with van der Waals surface area (Å²) >= 11 is 3.64. The predicted molar refractivity (Wildman–Crippen MR) is 130 cm³/mol. The molecule has 1 heterocycles. The van der Waals surface area contributed by atoms with E-state index < -0.39 is 0 Å². The molecule has 158 valence electrons. The van der Waals surface area contributed by atoms with E-state index >= 15 is 0 Å². The van der Waals surface area contributed by atoms with Gasteiger partial charge in [-0.1, -0.05) is 51.1 Å². The van der Waals surface area contributed by atoms with Crippen LogP contribution >= 0.6 is 23.1 Å². The summed E-state index contributed by atoms with van der Waals surface area (Å²) in [5, 5.41) is 1.10. The fourth-order valence-electron chi connectivity index (χ4n) is 3.14. The van der Waals surface area contributed by atoms with Crippen LogP contribution in [0.4, 0.5) is 0 Å². The first-order chi connectivity index (χ1) is 14.5. The number of thioether (sulfide) groups is 1. The molecule has 2 aromatic carbocycles. The first kappa shape index (κ1) is 22.4. The molecular weight excluding hydrogens is 408 g/mol. The molecular formula is C25H30N2OS2. The first-order valence-corrected chi connectivity index (χ1v) is 12.2. The van der Waals surface area contributed by atoms with Crippen molar-refractivity contribution in [3.63, 3.8) is 0 Å². The maximum atomic E-state index is 5.82. The van der Waals surface area contributed by atoms with E-state index in [-0.39, 0.29) is 0 Å². The molecule has 3 rings (SSSR count). The molecule has 0 aliphatic heterocycles. The summed E-state index contributed by atoms with van der Waals surface area (Å²) in [6, 6.07) is 15.2. The monoisotopic (exact) mass is 438 g/mol. The summed E-state index contributed by atoms with van der Waals surface area (Å²) in [6.07, 6.45) is 3.12. The van der Waals surface area contributed by atoms with Gasteiger partial charge in [0.05, 0.1) is 5.69 Å². The Morgan fingerprint density at radius 1 is 1.17 bits per heavy atom. The topological polar surface area (TPSA) is 48.1 Å². The molecule has 0 bridgehead atoms. The van der Waals surface area contributed by atoms with E-state index in [4.69, 9.17) is 15.5 Å². The van der Waals surface area contributed by atoms with Crippen LogP contribution in [0.5, 0.6) is 5.75 Å². The van der Waals surface area contributed by atoms with Crippen LogP contribution in [0, 0.1) is 6.92 Å². The Balaban J connectivity index is 1.70. The van der Waals surface area contributed by atoms with Gasteiger partial charge in [0.2, 0.25) is 0 Å². The Bertz CT molecular complexity index is 993. The number of ether oxygens (including phenoxy) is 1. The van der Waals surface area contributed by atoms with Gasteiger partial charge in [-0.05, 0) is 49.1 Å². The molecule has 0 amide bonds. The number of nitrogens with zero attached hydrogens (tertiary/aromatic N) is 1. The lowest BCUT2D eigenvalue weighted by molar-refractivity contribution is 0.347. The minimum absolute atomic E-state index is 0.352. The second-order valence-electron chi connectivity index (χ2n) is 7.33. The summed E-state index contributed by atoms with van der Waals surface area (Å²) < 4.78 is 5.82. The second-order valence-corrected chi connectivity index (χ2v) is 9.47. The predicted octanol–water partition coefficient (Wildman–Crippen LogP) is 6.78. The Hall–Kier alpha value is -2.24. The van der Waals surface area contributed by atoms with Crippen LogP contribution in [0.15, 0.2) is 59.6 Å². The number of aromatic nitrogens is 1. The van der Waals surface area contributed by atoms with Crippen molar-refractivity contribution in [3.8, 4) is 16.3 Å². The highest BCUT2D eigenvalue weighted by Gasteiger charge is 2.11. The summed E-state index contributed by atoms with van der Waals surface area (Å²) in [4.78, 5) is 7.39. The number of aryl methyl sites for hydroxylation is 3. The quantitative estimate of drug-likeness (QED) is 0.355. The lowest BCUT2D eigenvalue weighted by atomic mass is 10.1. The highest BCUT2D eigenvalue weighted by molar-refractivity contribution is 7.98. The molecule has 0 aliphatic rings. The van der Waals surface area contributed by atoms with Crippen molar-refractivity contribution in [2.75, 3.05) is 6.61 Å². The number of nitrogens with two attached hydrogens (primary N) is 1. The van der Waals surface area contributed by atoms with Gasteiger partial charge in [-0.3, -0.25) is 0 Å². The van der Waals surface area contributed by atoms with Gasteiger partial charge in [0, 0.05) is 26.8 Å². The second kappa shape index (κ2) is 10.7. The van der Waals surface area contributed by atoms with Crippen LogP contribution in [0.1, 0.15) is 42.0 Å². The van der Waals surface area contributed by atoms with E-state index in [1.807, 2.05) is 11.8 Å². The molecule has 30 heavy (non-hydrogen) atoms. The minimum Gasteiger partial charge on any atom is -0.487 e. The molecule has 0 radical (unpaired) electrons. The maximum Gasteiger partial charge on any atom is 0.127 e. The number of rotatable bonds is 10. The van der Waals surface area contributed by atoms with E-state index in [0.29, 0.717) is 12.3 Å². The molecule has 0 atom stereocenters. The smallest absolute Gasteiger partial charge is 0.127 e. The average Bonchev–Trinajstić information content (AvgIpc) is 3.12.